The number of phenolic OH excluding ortho intramolecular Hbond substituents is 1. The first-order chi connectivity index (χ1) is 8.49. The van der Waals surface area contributed by atoms with Crippen LogP contribution in [-0.2, 0) is 0 Å². The Hall–Kier alpha value is -2.01. The molecular weight excluding hydrogens is 256 g/mol. The Kier molecular flexibility index (Phi) is 3.25. The van der Waals surface area contributed by atoms with Crippen LogP contribution in [0.4, 0.5) is 5.69 Å². The Morgan fingerprint density at radius 2 is 2.17 bits per heavy atom. The minimum Gasteiger partial charge on any atom is -0.508 e. The number of carbonyl (C=O) groups is 1. The zero-order chi connectivity index (χ0) is 13.3. The molecule has 18 heavy (non-hydrogen) atoms. The molecule has 1 amide bonds. The van der Waals surface area contributed by atoms with Crippen molar-refractivity contribution in [2.24, 2.45) is 0 Å². The molecule has 0 bridgehead atoms. The lowest BCUT2D eigenvalue weighted by Crippen LogP contribution is -2.13. The summed E-state index contributed by atoms with van der Waals surface area (Å²) in [5, 5.41) is 15.8. The lowest BCUT2D eigenvalue weighted by molar-refractivity contribution is 0.102. The van der Waals surface area contributed by atoms with E-state index < -0.39 is 0 Å². The third-order valence-corrected chi connectivity index (χ3v) is 2.77. The van der Waals surface area contributed by atoms with Crippen LogP contribution in [0.15, 0.2) is 22.7 Å². The van der Waals surface area contributed by atoms with Crippen LogP contribution in [0.2, 0.25) is 5.02 Å². The van der Waals surface area contributed by atoms with Gasteiger partial charge in [0.05, 0.1) is 16.4 Å². The quantitative estimate of drug-likeness (QED) is 0.820. The summed E-state index contributed by atoms with van der Waals surface area (Å²) in [6, 6.07) is 4.31. The summed E-state index contributed by atoms with van der Waals surface area (Å²) in [5.41, 5.74) is 1.32. The Balaban J connectivity index is 2.27. The van der Waals surface area contributed by atoms with Crippen molar-refractivity contribution in [1.82, 2.24) is 5.16 Å². The highest BCUT2D eigenvalue weighted by atomic mass is 35.5. The zero-order valence-corrected chi connectivity index (χ0v) is 10.6. The highest BCUT2D eigenvalue weighted by Gasteiger charge is 2.18. The van der Waals surface area contributed by atoms with Crippen molar-refractivity contribution in [2.45, 2.75) is 13.8 Å². The van der Waals surface area contributed by atoms with Gasteiger partial charge in [-0.1, -0.05) is 16.8 Å². The first kappa shape index (κ1) is 12.4. The average Bonchev–Trinajstić information content (AvgIpc) is 2.62. The van der Waals surface area contributed by atoms with Gasteiger partial charge in [0, 0.05) is 6.07 Å². The number of carbonyl (C=O) groups excluding carboxylic acids is 1. The summed E-state index contributed by atoms with van der Waals surface area (Å²) in [4.78, 5) is 12.0. The Morgan fingerprint density at radius 3 is 2.72 bits per heavy atom. The van der Waals surface area contributed by atoms with Crippen LogP contribution in [0.25, 0.3) is 0 Å². The van der Waals surface area contributed by atoms with E-state index in [-0.39, 0.29) is 16.7 Å². The summed E-state index contributed by atoms with van der Waals surface area (Å²) in [5.74, 6) is 0.133. The minimum absolute atomic E-state index is 0.0373. The van der Waals surface area contributed by atoms with Crippen molar-refractivity contribution >= 4 is 23.2 Å². The van der Waals surface area contributed by atoms with Crippen LogP contribution in [0.5, 0.6) is 5.75 Å². The van der Waals surface area contributed by atoms with Gasteiger partial charge in [-0.25, -0.2) is 0 Å². The van der Waals surface area contributed by atoms with E-state index in [1.54, 1.807) is 13.8 Å². The third-order valence-electron chi connectivity index (χ3n) is 2.46. The maximum atomic E-state index is 12.0. The van der Waals surface area contributed by atoms with Crippen molar-refractivity contribution in [3.05, 3.63) is 40.2 Å². The summed E-state index contributed by atoms with van der Waals surface area (Å²) in [7, 11) is 0. The molecule has 5 nitrogen and oxygen atoms in total. The van der Waals surface area contributed by atoms with E-state index >= 15 is 0 Å². The number of benzene rings is 1. The van der Waals surface area contributed by atoms with E-state index in [1.807, 2.05) is 0 Å². The number of aromatic nitrogens is 1. The molecule has 6 heteroatoms. The molecule has 1 aromatic heterocycles. The van der Waals surface area contributed by atoms with E-state index in [0.29, 0.717) is 22.7 Å². The second-order valence-corrected chi connectivity index (χ2v) is 4.22. The van der Waals surface area contributed by atoms with E-state index in [1.165, 1.54) is 18.2 Å². The Bertz CT molecular complexity index is 588. The van der Waals surface area contributed by atoms with Crippen LogP contribution in [0.1, 0.15) is 21.8 Å². The molecule has 0 aliphatic rings. The number of anilines is 1. The summed E-state index contributed by atoms with van der Waals surface area (Å²) < 4.78 is 4.92. The van der Waals surface area contributed by atoms with Crippen LogP contribution in [0.3, 0.4) is 0 Å². The normalized spacial score (nSPS) is 10.4. The molecule has 2 aromatic rings. The molecule has 94 valence electrons. The number of hydrogen-bond donors (Lipinski definition) is 2. The largest absolute Gasteiger partial charge is 0.508 e. The van der Waals surface area contributed by atoms with Gasteiger partial charge in [-0.05, 0) is 26.0 Å². The van der Waals surface area contributed by atoms with Gasteiger partial charge in [0.15, 0.2) is 0 Å². The van der Waals surface area contributed by atoms with Gasteiger partial charge < -0.3 is 14.9 Å². The number of amides is 1. The third kappa shape index (κ3) is 2.31. The predicted octanol–water partition coefficient (Wildman–Crippen LogP) is 2.90. The van der Waals surface area contributed by atoms with Gasteiger partial charge in [-0.2, -0.15) is 0 Å². The van der Waals surface area contributed by atoms with Crippen LogP contribution >= 0.6 is 11.6 Å². The highest BCUT2D eigenvalue weighted by molar-refractivity contribution is 6.34. The predicted molar refractivity (Wildman–Crippen MR) is 67.0 cm³/mol. The second-order valence-electron chi connectivity index (χ2n) is 3.82. The second kappa shape index (κ2) is 4.70. The topological polar surface area (TPSA) is 75.4 Å². The summed E-state index contributed by atoms with van der Waals surface area (Å²) in [6.45, 7) is 3.34. The monoisotopic (exact) mass is 266 g/mol. The smallest absolute Gasteiger partial charge is 0.261 e. The molecule has 2 rings (SSSR count). The molecule has 1 aromatic carbocycles. The maximum absolute atomic E-state index is 12.0. The lowest BCUT2D eigenvalue weighted by atomic mass is 10.2. The fourth-order valence-electron chi connectivity index (χ4n) is 1.60. The lowest BCUT2D eigenvalue weighted by Gasteiger charge is -2.07. The number of phenols is 1. The molecule has 2 N–H and O–H groups in total. The van der Waals surface area contributed by atoms with Crippen molar-refractivity contribution < 1.29 is 14.4 Å². The molecule has 0 unspecified atom stereocenters. The van der Waals surface area contributed by atoms with Crippen LogP contribution in [-0.4, -0.2) is 16.2 Å². The molecule has 0 radical (unpaired) electrons. The van der Waals surface area contributed by atoms with E-state index in [9.17, 15) is 9.90 Å². The number of hydrogen-bond acceptors (Lipinski definition) is 4. The number of nitrogens with one attached hydrogen (secondary N) is 1. The molecular formula is C12H11ClN2O3. The van der Waals surface area contributed by atoms with Gasteiger partial charge >= 0.3 is 0 Å². The van der Waals surface area contributed by atoms with Crippen LogP contribution < -0.4 is 5.32 Å². The fraction of sp³-hybridized carbons (Fsp3) is 0.167. The standard InChI is InChI=1S/C12H11ClN2O3/c1-6-11(7(2)18-15-6)12(17)14-10-4-3-8(16)5-9(10)13/h3-5,16H,1-2H3,(H,14,17). The molecule has 0 spiro atoms. The van der Waals surface area contributed by atoms with Gasteiger partial charge in [0.1, 0.15) is 17.1 Å². The number of halogens is 1. The summed E-state index contributed by atoms with van der Waals surface area (Å²) >= 11 is 5.90. The molecule has 0 aliphatic heterocycles. The summed E-state index contributed by atoms with van der Waals surface area (Å²) in [6.07, 6.45) is 0. The maximum Gasteiger partial charge on any atom is 0.261 e. The van der Waals surface area contributed by atoms with E-state index in [4.69, 9.17) is 16.1 Å². The Morgan fingerprint density at radius 1 is 1.44 bits per heavy atom. The number of aromatic hydroxyl groups is 1. The van der Waals surface area contributed by atoms with Gasteiger partial charge in [0.25, 0.3) is 5.91 Å². The average molecular weight is 267 g/mol. The molecule has 0 saturated heterocycles. The molecule has 0 saturated carbocycles. The number of rotatable bonds is 2. The molecule has 1 heterocycles. The molecule has 0 fully saturated rings. The first-order valence-electron chi connectivity index (χ1n) is 5.22. The SMILES string of the molecule is Cc1noc(C)c1C(=O)Nc1ccc(O)cc1Cl. The van der Waals surface area contributed by atoms with Crippen molar-refractivity contribution in [3.8, 4) is 5.75 Å². The van der Waals surface area contributed by atoms with E-state index in [2.05, 4.69) is 10.5 Å². The van der Waals surface area contributed by atoms with Crippen LogP contribution in [0, 0.1) is 13.8 Å². The van der Waals surface area contributed by atoms with E-state index in [0.717, 1.165) is 0 Å². The minimum atomic E-state index is -0.348. The Labute approximate surface area is 108 Å². The fourth-order valence-corrected chi connectivity index (χ4v) is 1.82. The molecule has 0 atom stereocenters. The van der Waals surface area contributed by atoms with Crippen molar-refractivity contribution in [1.29, 1.82) is 0 Å². The zero-order valence-electron chi connectivity index (χ0n) is 9.82. The van der Waals surface area contributed by atoms with Gasteiger partial charge in [0.2, 0.25) is 0 Å². The number of nitrogens with zero attached hydrogens (tertiary/aromatic N) is 1. The van der Waals surface area contributed by atoms with Crippen molar-refractivity contribution in [3.63, 3.8) is 0 Å². The first-order valence-corrected chi connectivity index (χ1v) is 5.59. The van der Waals surface area contributed by atoms with Gasteiger partial charge in [-0.3, -0.25) is 4.79 Å². The van der Waals surface area contributed by atoms with Crippen molar-refractivity contribution in [2.75, 3.05) is 5.32 Å². The number of aryl methyl sites for hydroxylation is 2. The van der Waals surface area contributed by atoms with Gasteiger partial charge in [-0.15, -0.1) is 0 Å². The highest BCUT2D eigenvalue weighted by Crippen LogP contribution is 2.26. The molecule has 0 aliphatic carbocycles.